The molecule has 0 aliphatic heterocycles. The Balaban J connectivity index is 1.74. The molecule has 7 nitrogen and oxygen atoms in total. The van der Waals surface area contributed by atoms with E-state index >= 15 is 0 Å². The Hall–Kier alpha value is -2.70. The van der Waals surface area contributed by atoms with Crippen LogP contribution in [0.1, 0.15) is 49.3 Å². The summed E-state index contributed by atoms with van der Waals surface area (Å²) in [6, 6.07) is 3.49. The summed E-state index contributed by atoms with van der Waals surface area (Å²) in [6.45, 7) is 6.38. The maximum atomic E-state index is 12.8. The van der Waals surface area contributed by atoms with Gasteiger partial charge >= 0.3 is 0 Å². The predicted molar refractivity (Wildman–Crippen MR) is 99.3 cm³/mol. The van der Waals surface area contributed by atoms with Crippen molar-refractivity contribution < 1.29 is 9.53 Å². The molecule has 1 amide bonds. The fourth-order valence-electron chi connectivity index (χ4n) is 3.36. The highest BCUT2D eigenvalue weighted by Gasteiger charge is 2.40. The molecule has 0 aromatic carbocycles. The molecule has 2 heterocycles. The lowest BCUT2D eigenvalue weighted by molar-refractivity contribution is 0.0917. The van der Waals surface area contributed by atoms with Gasteiger partial charge in [-0.25, -0.2) is 9.97 Å². The van der Waals surface area contributed by atoms with Gasteiger partial charge < -0.3 is 15.4 Å². The molecular formula is C19H25N5O2. The maximum Gasteiger partial charge on any atom is 0.274 e. The standard InChI is InChI=1S/C19H25N5O2/c1-4-26-14-7-6-10-20-17(14)18(25)23-15-8-5-9-19(15,3)24-16-12-21-13(2)11-22-16/h6-7,10-12,15H,4-5,8-9H2,1-3H3,(H,22,24)(H,23,25)/t15-,19-/m0/s1. The molecule has 1 aliphatic rings. The van der Waals surface area contributed by atoms with E-state index in [4.69, 9.17) is 4.74 Å². The molecule has 0 saturated heterocycles. The van der Waals surface area contributed by atoms with Gasteiger partial charge in [0.25, 0.3) is 5.91 Å². The minimum absolute atomic E-state index is 0.0328. The molecule has 1 saturated carbocycles. The van der Waals surface area contributed by atoms with E-state index < -0.39 is 0 Å². The van der Waals surface area contributed by atoms with Gasteiger partial charge in [0.1, 0.15) is 5.82 Å². The minimum atomic E-state index is -0.292. The first-order valence-electron chi connectivity index (χ1n) is 8.97. The Bertz CT molecular complexity index is 765. The Kier molecular flexibility index (Phi) is 5.35. The number of amides is 1. The minimum Gasteiger partial charge on any atom is -0.491 e. The molecule has 3 rings (SSSR count). The third-order valence-electron chi connectivity index (χ3n) is 4.74. The smallest absolute Gasteiger partial charge is 0.274 e. The molecule has 2 aromatic heterocycles. The third kappa shape index (κ3) is 3.92. The highest BCUT2D eigenvalue weighted by atomic mass is 16.5. The van der Waals surface area contributed by atoms with E-state index in [9.17, 15) is 4.79 Å². The highest BCUT2D eigenvalue weighted by Crippen LogP contribution is 2.33. The molecule has 0 unspecified atom stereocenters. The van der Waals surface area contributed by atoms with Crippen molar-refractivity contribution in [1.82, 2.24) is 20.3 Å². The van der Waals surface area contributed by atoms with Crippen LogP contribution in [0.3, 0.4) is 0 Å². The summed E-state index contributed by atoms with van der Waals surface area (Å²) in [4.78, 5) is 25.6. The fraction of sp³-hybridized carbons (Fsp3) is 0.474. The van der Waals surface area contributed by atoms with E-state index in [1.807, 2.05) is 13.8 Å². The third-order valence-corrected chi connectivity index (χ3v) is 4.74. The first kappa shape index (κ1) is 18.1. The van der Waals surface area contributed by atoms with Crippen molar-refractivity contribution in [2.75, 3.05) is 11.9 Å². The van der Waals surface area contributed by atoms with Gasteiger partial charge in [0.2, 0.25) is 0 Å². The number of carbonyl (C=O) groups excluding carboxylic acids is 1. The molecule has 2 aromatic rings. The van der Waals surface area contributed by atoms with Crippen LogP contribution < -0.4 is 15.4 Å². The van der Waals surface area contributed by atoms with Crippen LogP contribution in [-0.4, -0.2) is 39.0 Å². The molecule has 7 heteroatoms. The number of nitrogens with zero attached hydrogens (tertiary/aromatic N) is 3. The molecule has 0 spiro atoms. The molecule has 138 valence electrons. The van der Waals surface area contributed by atoms with Crippen molar-refractivity contribution >= 4 is 11.7 Å². The highest BCUT2D eigenvalue weighted by molar-refractivity contribution is 5.95. The van der Waals surface area contributed by atoms with Crippen molar-refractivity contribution in [3.63, 3.8) is 0 Å². The van der Waals surface area contributed by atoms with Crippen molar-refractivity contribution in [2.24, 2.45) is 0 Å². The largest absolute Gasteiger partial charge is 0.491 e. The lowest BCUT2D eigenvalue weighted by Gasteiger charge is -2.33. The first-order valence-corrected chi connectivity index (χ1v) is 8.97. The summed E-state index contributed by atoms with van der Waals surface area (Å²) < 4.78 is 5.52. The Morgan fingerprint density at radius 3 is 2.92 bits per heavy atom. The Morgan fingerprint density at radius 1 is 1.35 bits per heavy atom. The van der Waals surface area contributed by atoms with Gasteiger partial charge in [0.15, 0.2) is 11.4 Å². The van der Waals surface area contributed by atoms with E-state index in [0.717, 1.165) is 25.0 Å². The summed E-state index contributed by atoms with van der Waals surface area (Å²) in [5, 5.41) is 6.58. The number of rotatable bonds is 6. The van der Waals surface area contributed by atoms with Crippen molar-refractivity contribution in [2.45, 2.75) is 51.6 Å². The number of hydrogen-bond acceptors (Lipinski definition) is 6. The second-order valence-corrected chi connectivity index (χ2v) is 6.79. The zero-order valence-electron chi connectivity index (χ0n) is 15.5. The number of hydrogen-bond donors (Lipinski definition) is 2. The number of nitrogens with one attached hydrogen (secondary N) is 2. The predicted octanol–water partition coefficient (Wildman–Crippen LogP) is 2.73. The average molecular weight is 355 g/mol. The van der Waals surface area contributed by atoms with E-state index in [1.165, 1.54) is 0 Å². The van der Waals surface area contributed by atoms with Gasteiger partial charge in [-0.05, 0) is 52.2 Å². The number of anilines is 1. The summed E-state index contributed by atoms with van der Waals surface area (Å²) >= 11 is 0. The number of ether oxygens (including phenoxy) is 1. The van der Waals surface area contributed by atoms with Crippen LogP contribution in [0.4, 0.5) is 5.82 Å². The summed E-state index contributed by atoms with van der Waals surface area (Å²) in [6.07, 6.45) is 7.92. The van der Waals surface area contributed by atoms with E-state index in [-0.39, 0.29) is 17.5 Å². The summed E-state index contributed by atoms with van der Waals surface area (Å²) in [7, 11) is 0. The quantitative estimate of drug-likeness (QED) is 0.828. The zero-order valence-corrected chi connectivity index (χ0v) is 15.5. The lowest BCUT2D eigenvalue weighted by atomic mass is 9.95. The molecular weight excluding hydrogens is 330 g/mol. The van der Waals surface area contributed by atoms with Crippen LogP contribution in [-0.2, 0) is 0 Å². The van der Waals surface area contributed by atoms with Crippen LogP contribution in [0.25, 0.3) is 0 Å². The molecule has 2 N–H and O–H groups in total. The van der Waals surface area contributed by atoms with Crippen molar-refractivity contribution in [3.8, 4) is 5.75 Å². The van der Waals surface area contributed by atoms with Crippen LogP contribution in [0.15, 0.2) is 30.7 Å². The van der Waals surface area contributed by atoms with E-state index in [1.54, 1.807) is 30.7 Å². The molecule has 1 fully saturated rings. The van der Waals surface area contributed by atoms with E-state index in [0.29, 0.717) is 23.9 Å². The first-order chi connectivity index (χ1) is 12.5. The van der Waals surface area contributed by atoms with Crippen molar-refractivity contribution in [3.05, 3.63) is 42.1 Å². The molecule has 0 radical (unpaired) electrons. The van der Waals surface area contributed by atoms with Gasteiger partial charge in [0.05, 0.1) is 36.3 Å². The van der Waals surface area contributed by atoms with Crippen LogP contribution in [0, 0.1) is 6.92 Å². The zero-order chi connectivity index (χ0) is 18.6. The van der Waals surface area contributed by atoms with Gasteiger partial charge in [-0.15, -0.1) is 0 Å². The summed E-state index contributed by atoms with van der Waals surface area (Å²) in [5.41, 5.74) is 0.898. The number of aromatic nitrogens is 3. The average Bonchev–Trinajstić information content (AvgIpc) is 2.98. The molecule has 1 aliphatic carbocycles. The van der Waals surface area contributed by atoms with Gasteiger partial charge in [-0.2, -0.15) is 0 Å². The van der Waals surface area contributed by atoms with Crippen molar-refractivity contribution in [1.29, 1.82) is 0 Å². The fourth-order valence-corrected chi connectivity index (χ4v) is 3.36. The topological polar surface area (TPSA) is 89.0 Å². The number of carbonyl (C=O) groups is 1. The van der Waals surface area contributed by atoms with Crippen LogP contribution >= 0.6 is 0 Å². The SMILES string of the molecule is CCOc1cccnc1C(=O)N[C@H]1CCC[C@]1(C)Nc1cnc(C)cn1. The summed E-state index contributed by atoms with van der Waals surface area (Å²) in [5.74, 6) is 1.00. The molecule has 26 heavy (non-hydrogen) atoms. The number of aryl methyl sites for hydroxylation is 1. The Labute approximate surface area is 153 Å². The number of pyridine rings is 1. The molecule has 2 atom stereocenters. The maximum absolute atomic E-state index is 12.8. The van der Waals surface area contributed by atoms with Crippen LogP contribution in [0.2, 0.25) is 0 Å². The van der Waals surface area contributed by atoms with Gasteiger partial charge in [-0.3, -0.25) is 9.78 Å². The second kappa shape index (κ2) is 7.68. The van der Waals surface area contributed by atoms with Gasteiger partial charge in [0, 0.05) is 6.20 Å². The normalized spacial score (nSPS) is 22.0. The monoisotopic (exact) mass is 355 g/mol. The van der Waals surface area contributed by atoms with Crippen LogP contribution in [0.5, 0.6) is 5.75 Å². The lowest BCUT2D eigenvalue weighted by Crippen LogP contribution is -2.52. The molecule has 0 bridgehead atoms. The Morgan fingerprint density at radius 2 is 2.19 bits per heavy atom. The second-order valence-electron chi connectivity index (χ2n) is 6.79. The van der Waals surface area contributed by atoms with Gasteiger partial charge in [-0.1, -0.05) is 0 Å². The van der Waals surface area contributed by atoms with E-state index in [2.05, 4.69) is 32.5 Å².